The van der Waals surface area contributed by atoms with E-state index in [0.29, 0.717) is 29.8 Å². The molecular weight excluding hydrogens is 342 g/mol. The fraction of sp³-hybridized carbons (Fsp3) is 0.227. The van der Waals surface area contributed by atoms with Crippen LogP contribution in [0.3, 0.4) is 0 Å². The molecular formula is C22H19NO4. The lowest BCUT2D eigenvalue weighted by molar-refractivity contribution is -0.122. The van der Waals surface area contributed by atoms with Crippen molar-refractivity contribution >= 4 is 23.3 Å². The fourth-order valence-electron chi connectivity index (χ4n) is 3.65. The second-order valence-corrected chi connectivity index (χ2v) is 6.71. The van der Waals surface area contributed by atoms with Crippen LogP contribution in [0.5, 0.6) is 5.75 Å². The van der Waals surface area contributed by atoms with Gasteiger partial charge < -0.3 is 4.74 Å². The molecule has 2 aromatic carbocycles. The highest BCUT2D eigenvalue weighted by atomic mass is 16.5. The zero-order valence-electron chi connectivity index (χ0n) is 14.7. The first kappa shape index (κ1) is 17.2. The first-order valence-corrected chi connectivity index (χ1v) is 8.99. The van der Waals surface area contributed by atoms with Crippen LogP contribution in [-0.2, 0) is 9.59 Å². The molecule has 27 heavy (non-hydrogen) atoms. The molecule has 136 valence electrons. The van der Waals surface area contributed by atoms with Crippen LogP contribution < -0.4 is 9.64 Å². The lowest BCUT2D eigenvalue weighted by atomic mass is 9.85. The van der Waals surface area contributed by atoms with Gasteiger partial charge in [-0.25, -0.2) is 4.90 Å². The number of anilines is 1. The number of Topliss-reactive ketones (excluding diaryl/α,β-unsaturated/α-hetero) is 1. The molecule has 0 spiro atoms. The highest BCUT2D eigenvalue weighted by Crippen LogP contribution is 2.40. The van der Waals surface area contributed by atoms with Crippen LogP contribution in [0.4, 0.5) is 5.69 Å². The Kier molecular flexibility index (Phi) is 4.59. The molecule has 1 heterocycles. The van der Waals surface area contributed by atoms with Gasteiger partial charge >= 0.3 is 0 Å². The SMILES string of the molecule is O=C(COc1ccccc1N1C(=O)[C@H]2CC=CC[C@@H]2C1=O)c1ccccc1. The first-order chi connectivity index (χ1) is 13.2. The van der Waals surface area contributed by atoms with Crippen molar-refractivity contribution in [3.05, 3.63) is 72.3 Å². The minimum atomic E-state index is -0.304. The molecule has 0 N–H and O–H groups in total. The minimum Gasteiger partial charge on any atom is -0.483 e. The third-order valence-electron chi connectivity index (χ3n) is 5.07. The Morgan fingerprint density at radius 1 is 0.889 bits per heavy atom. The number of allylic oxidation sites excluding steroid dienone is 2. The van der Waals surface area contributed by atoms with Gasteiger partial charge in [-0.05, 0) is 25.0 Å². The van der Waals surface area contributed by atoms with Gasteiger partial charge in [0.2, 0.25) is 11.8 Å². The molecule has 0 bridgehead atoms. The molecule has 0 radical (unpaired) electrons. The third-order valence-corrected chi connectivity index (χ3v) is 5.07. The summed E-state index contributed by atoms with van der Waals surface area (Å²) in [5, 5.41) is 0. The number of carbonyl (C=O) groups excluding carboxylic acids is 3. The summed E-state index contributed by atoms with van der Waals surface area (Å²) < 4.78 is 5.70. The van der Waals surface area contributed by atoms with Crippen molar-refractivity contribution in [3.8, 4) is 5.75 Å². The number of hydrogen-bond donors (Lipinski definition) is 0. The zero-order chi connectivity index (χ0) is 18.8. The molecule has 2 aliphatic rings. The molecule has 5 heteroatoms. The predicted octanol–water partition coefficient (Wildman–Crippen LogP) is 3.40. The van der Waals surface area contributed by atoms with Crippen molar-refractivity contribution in [1.82, 2.24) is 0 Å². The number of ether oxygens (including phenoxy) is 1. The lowest BCUT2D eigenvalue weighted by Gasteiger charge is -2.18. The van der Waals surface area contributed by atoms with Gasteiger partial charge in [-0.1, -0.05) is 54.6 Å². The maximum absolute atomic E-state index is 12.8. The summed E-state index contributed by atoms with van der Waals surface area (Å²) in [6.07, 6.45) is 5.08. The van der Waals surface area contributed by atoms with E-state index in [0.717, 1.165) is 0 Å². The van der Waals surface area contributed by atoms with Crippen molar-refractivity contribution in [3.63, 3.8) is 0 Å². The maximum atomic E-state index is 12.8. The quantitative estimate of drug-likeness (QED) is 0.465. The maximum Gasteiger partial charge on any atom is 0.238 e. The molecule has 1 aliphatic heterocycles. The highest BCUT2D eigenvalue weighted by Gasteiger charge is 2.48. The van der Waals surface area contributed by atoms with Gasteiger partial charge in [0.15, 0.2) is 12.4 Å². The standard InChI is InChI=1S/C22H19NO4/c24-19(15-8-2-1-3-9-15)14-27-20-13-7-6-12-18(20)23-21(25)16-10-4-5-11-17(16)22(23)26/h1-9,12-13,16-17H,10-11,14H2/t16-,17-/m0/s1. The van der Waals surface area contributed by atoms with Crippen LogP contribution in [-0.4, -0.2) is 24.2 Å². The highest BCUT2D eigenvalue weighted by molar-refractivity contribution is 6.22. The molecule has 4 rings (SSSR count). The lowest BCUT2D eigenvalue weighted by Crippen LogP contribution is -2.31. The van der Waals surface area contributed by atoms with E-state index >= 15 is 0 Å². The number of fused-ring (bicyclic) bond motifs is 1. The van der Waals surface area contributed by atoms with Crippen molar-refractivity contribution in [2.75, 3.05) is 11.5 Å². The number of ketones is 1. The summed E-state index contributed by atoms with van der Waals surface area (Å²) in [5.41, 5.74) is 0.961. The van der Waals surface area contributed by atoms with E-state index in [4.69, 9.17) is 4.74 Å². The molecule has 2 atom stereocenters. The van der Waals surface area contributed by atoms with Crippen molar-refractivity contribution in [2.24, 2.45) is 11.8 Å². The number of nitrogens with zero attached hydrogens (tertiary/aromatic N) is 1. The molecule has 1 fully saturated rings. The van der Waals surface area contributed by atoms with Crippen LogP contribution in [0.1, 0.15) is 23.2 Å². The van der Waals surface area contributed by atoms with Gasteiger partial charge in [-0.2, -0.15) is 0 Å². The Balaban J connectivity index is 1.56. The van der Waals surface area contributed by atoms with Crippen LogP contribution >= 0.6 is 0 Å². The van der Waals surface area contributed by atoms with Gasteiger partial charge in [0, 0.05) is 5.56 Å². The summed E-state index contributed by atoms with van der Waals surface area (Å²) >= 11 is 0. The number of carbonyl (C=O) groups is 3. The average Bonchev–Trinajstić information content (AvgIpc) is 2.98. The van der Waals surface area contributed by atoms with Crippen molar-refractivity contribution in [1.29, 1.82) is 0 Å². The van der Waals surface area contributed by atoms with E-state index in [-0.39, 0.29) is 36.0 Å². The summed E-state index contributed by atoms with van der Waals surface area (Å²) in [6.45, 7) is -0.161. The Morgan fingerprint density at radius 3 is 2.15 bits per heavy atom. The predicted molar refractivity (Wildman–Crippen MR) is 101 cm³/mol. The van der Waals surface area contributed by atoms with Crippen molar-refractivity contribution < 1.29 is 19.1 Å². The topological polar surface area (TPSA) is 63.7 Å². The number of imide groups is 1. The molecule has 0 aromatic heterocycles. The third kappa shape index (κ3) is 3.16. The van der Waals surface area contributed by atoms with Gasteiger partial charge in [-0.15, -0.1) is 0 Å². The Hall–Kier alpha value is -3.21. The number of rotatable bonds is 5. The summed E-state index contributed by atoms with van der Waals surface area (Å²) in [7, 11) is 0. The van der Waals surface area contributed by atoms with Gasteiger partial charge in [-0.3, -0.25) is 14.4 Å². The fourth-order valence-corrected chi connectivity index (χ4v) is 3.65. The molecule has 1 aliphatic carbocycles. The molecule has 0 saturated carbocycles. The van der Waals surface area contributed by atoms with Gasteiger partial charge in [0.25, 0.3) is 0 Å². The van der Waals surface area contributed by atoms with E-state index in [1.165, 1.54) is 4.90 Å². The summed E-state index contributed by atoms with van der Waals surface area (Å²) in [5.74, 6) is -0.806. The average molecular weight is 361 g/mol. The Labute approximate surface area is 157 Å². The van der Waals surface area contributed by atoms with Gasteiger partial charge in [0.1, 0.15) is 5.75 Å². The smallest absolute Gasteiger partial charge is 0.238 e. The number of amides is 2. The van der Waals surface area contributed by atoms with E-state index in [2.05, 4.69) is 0 Å². The van der Waals surface area contributed by atoms with E-state index in [9.17, 15) is 14.4 Å². The first-order valence-electron chi connectivity index (χ1n) is 8.99. The number of benzene rings is 2. The molecule has 0 unspecified atom stereocenters. The second kappa shape index (κ2) is 7.19. The molecule has 5 nitrogen and oxygen atoms in total. The monoisotopic (exact) mass is 361 g/mol. The van der Waals surface area contributed by atoms with Crippen LogP contribution in [0.15, 0.2) is 66.7 Å². The number of para-hydroxylation sites is 2. The summed E-state index contributed by atoms with van der Waals surface area (Å²) in [4.78, 5) is 39.2. The van der Waals surface area contributed by atoms with Crippen LogP contribution in [0, 0.1) is 11.8 Å². The van der Waals surface area contributed by atoms with Crippen molar-refractivity contribution in [2.45, 2.75) is 12.8 Å². The van der Waals surface area contributed by atoms with Crippen LogP contribution in [0.25, 0.3) is 0 Å². The molecule has 2 amide bonds. The zero-order valence-corrected chi connectivity index (χ0v) is 14.7. The second-order valence-electron chi connectivity index (χ2n) is 6.71. The summed E-state index contributed by atoms with van der Waals surface area (Å²) in [6, 6.07) is 15.7. The van der Waals surface area contributed by atoms with Gasteiger partial charge in [0.05, 0.1) is 17.5 Å². The van der Waals surface area contributed by atoms with E-state index < -0.39 is 0 Å². The molecule has 1 saturated heterocycles. The van der Waals surface area contributed by atoms with E-state index in [1.54, 1.807) is 48.5 Å². The Morgan fingerprint density at radius 2 is 1.48 bits per heavy atom. The normalized spacial score (nSPS) is 21.3. The van der Waals surface area contributed by atoms with E-state index in [1.807, 2.05) is 18.2 Å². The molecule has 2 aromatic rings. The minimum absolute atomic E-state index is 0.161. The largest absolute Gasteiger partial charge is 0.483 e. The number of hydrogen-bond acceptors (Lipinski definition) is 4. The van der Waals surface area contributed by atoms with Crippen LogP contribution in [0.2, 0.25) is 0 Å². The Bertz CT molecular complexity index is 893.